The molecule has 0 aliphatic heterocycles. The Bertz CT molecular complexity index is 122. The fourth-order valence-electron chi connectivity index (χ4n) is 0.821. The van der Waals surface area contributed by atoms with Crippen molar-refractivity contribution in [3.05, 3.63) is 23.8 Å². The van der Waals surface area contributed by atoms with Gasteiger partial charge in [0.1, 0.15) is 0 Å². The Morgan fingerprint density at radius 2 is 2.50 bits per heavy atom. The smallest absolute Gasteiger partial charge is 0.00575 e. The Balaban J connectivity index is 2.34. The Labute approximate surface area is 55.7 Å². The first-order valence-electron chi connectivity index (χ1n) is 2.90. The van der Waals surface area contributed by atoms with E-state index in [0.717, 1.165) is 18.6 Å². The normalized spacial score (nSPS) is 16.9. The van der Waals surface area contributed by atoms with Crippen LogP contribution in [0.2, 0.25) is 0 Å². The zero-order valence-electron chi connectivity index (χ0n) is 4.80. The van der Waals surface area contributed by atoms with Crippen LogP contribution in [-0.2, 0) is 0 Å². The van der Waals surface area contributed by atoms with Crippen LogP contribution in [-0.4, -0.2) is 5.75 Å². The minimum Gasteiger partial charge on any atom is -0.179 e. The van der Waals surface area contributed by atoms with Gasteiger partial charge in [0.2, 0.25) is 0 Å². The van der Waals surface area contributed by atoms with Gasteiger partial charge in [0, 0.05) is 0 Å². The Morgan fingerprint density at radius 1 is 1.62 bits per heavy atom. The molecular formula is C7H10S. The number of hydrogen-bond donors (Lipinski definition) is 1. The highest BCUT2D eigenvalue weighted by atomic mass is 32.1. The maximum atomic E-state index is 4.12. The van der Waals surface area contributed by atoms with Gasteiger partial charge in [0.15, 0.2) is 0 Å². The van der Waals surface area contributed by atoms with Crippen molar-refractivity contribution < 1.29 is 0 Å². The van der Waals surface area contributed by atoms with Crippen LogP contribution in [0.1, 0.15) is 12.8 Å². The minimum atomic E-state index is 0.968. The molecule has 0 atom stereocenters. The summed E-state index contributed by atoms with van der Waals surface area (Å²) in [6, 6.07) is 0. The molecule has 0 aromatic carbocycles. The van der Waals surface area contributed by atoms with Gasteiger partial charge in [-0.2, -0.15) is 12.6 Å². The number of thiol groups is 1. The van der Waals surface area contributed by atoms with Crippen LogP contribution in [0.4, 0.5) is 0 Å². The topological polar surface area (TPSA) is 0 Å². The molecule has 0 spiro atoms. The van der Waals surface area contributed by atoms with Crippen LogP contribution < -0.4 is 0 Å². The van der Waals surface area contributed by atoms with Gasteiger partial charge in [-0.1, -0.05) is 23.8 Å². The minimum absolute atomic E-state index is 0.968. The van der Waals surface area contributed by atoms with E-state index in [2.05, 4.69) is 30.9 Å². The monoisotopic (exact) mass is 126 g/mol. The molecule has 0 aromatic heterocycles. The van der Waals surface area contributed by atoms with Crippen molar-refractivity contribution in [2.75, 3.05) is 5.75 Å². The van der Waals surface area contributed by atoms with E-state index in [4.69, 9.17) is 0 Å². The third-order valence-corrected chi connectivity index (χ3v) is 1.47. The van der Waals surface area contributed by atoms with Gasteiger partial charge >= 0.3 is 0 Å². The molecule has 0 nitrogen and oxygen atoms in total. The van der Waals surface area contributed by atoms with Gasteiger partial charge in [-0.3, -0.25) is 0 Å². The first-order chi connectivity index (χ1) is 3.93. The number of hydrogen-bond acceptors (Lipinski definition) is 1. The van der Waals surface area contributed by atoms with Crippen molar-refractivity contribution in [2.24, 2.45) is 0 Å². The third-order valence-electron chi connectivity index (χ3n) is 1.25. The van der Waals surface area contributed by atoms with Crippen LogP contribution in [0.3, 0.4) is 0 Å². The van der Waals surface area contributed by atoms with Crippen LogP contribution in [0.5, 0.6) is 0 Å². The van der Waals surface area contributed by atoms with E-state index in [1.807, 2.05) is 0 Å². The summed E-state index contributed by atoms with van der Waals surface area (Å²) in [5.74, 6) is 0.968. The second-order valence-electron chi connectivity index (χ2n) is 1.89. The summed E-state index contributed by atoms with van der Waals surface area (Å²) in [4.78, 5) is 0. The summed E-state index contributed by atoms with van der Waals surface area (Å²) in [7, 11) is 0. The summed E-state index contributed by atoms with van der Waals surface area (Å²) in [6.07, 6.45) is 8.86. The van der Waals surface area contributed by atoms with Crippen molar-refractivity contribution in [3.8, 4) is 0 Å². The Hall–Kier alpha value is -0.170. The molecule has 0 amide bonds. The van der Waals surface area contributed by atoms with Crippen molar-refractivity contribution in [2.45, 2.75) is 12.8 Å². The molecule has 1 aliphatic carbocycles. The van der Waals surface area contributed by atoms with Crippen molar-refractivity contribution in [3.63, 3.8) is 0 Å². The molecule has 0 N–H and O–H groups in total. The largest absolute Gasteiger partial charge is 0.179 e. The van der Waals surface area contributed by atoms with E-state index >= 15 is 0 Å². The molecule has 0 saturated heterocycles. The molecule has 1 aliphatic rings. The van der Waals surface area contributed by atoms with Crippen LogP contribution in [0.15, 0.2) is 23.8 Å². The van der Waals surface area contributed by atoms with Gasteiger partial charge in [0.05, 0.1) is 0 Å². The molecule has 0 bridgehead atoms. The van der Waals surface area contributed by atoms with Crippen molar-refractivity contribution in [1.29, 1.82) is 0 Å². The third kappa shape index (κ3) is 1.41. The molecule has 0 radical (unpaired) electrons. The SMILES string of the molecule is SCCC1=CCC=C1. The molecule has 0 aromatic rings. The quantitative estimate of drug-likeness (QED) is 0.539. The van der Waals surface area contributed by atoms with Crippen molar-refractivity contribution in [1.82, 2.24) is 0 Å². The molecule has 0 unspecified atom stereocenters. The van der Waals surface area contributed by atoms with Crippen LogP contribution in [0.25, 0.3) is 0 Å². The fourth-order valence-corrected chi connectivity index (χ4v) is 1.08. The summed E-state index contributed by atoms with van der Waals surface area (Å²) in [5.41, 5.74) is 1.44. The van der Waals surface area contributed by atoms with E-state index in [1.165, 1.54) is 5.57 Å². The maximum Gasteiger partial charge on any atom is -0.00575 e. The van der Waals surface area contributed by atoms with E-state index in [-0.39, 0.29) is 0 Å². The molecule has 44 valence electrons. The lowest BCUT2D eigenvalue weighted by Gasteiger charge is -1.89. The first-order valence-corrected chi connectivity index (χ1v) is 3.53. The number of allylic oxidation sites excluding steroid dienone is 4. The molecule has 1 heteroatoms. The Kier molecular flexibility index (Phi) is 2.22. The van der Waals surface area contributed by atoms with Gasteiger partial charge < -0.3 is 0 Å². The van der Waals surface area contributed by atoms with Crippen LogP contribution >= 0.6 is 12.6 Å². The number of rotatable bonds is 2. The second kappa shape index (κ2) is 2.98. The molecule has 1 rings (SSSR count). The maximum absolute atomic E-state index is 4.12. The summed E-state index contributed by atoms with van der Waals surface area (Å²) in [6.45, 7) is 0. The van der Waals surface area contributed by atoms with Gasteiger partial charge in [0.25, 0.3) is 0 Å². The summed E-state index contributed by atoms with van der Waals surface area (Å²) < 4.78 is 0. The van der Waals surface area contributed by atoms with Crippen LogP contribution in [0, 0.1) is 0 Å². The zero-order chi connectivity index (χ0) is 5.82. The van der Waals surface area contributed by atoms with Gasteiger partial charge in [-0.15, -0.1) is 0 Å². The molecule has 0 saturated carbocycles. The van der Waals surface area contributed by atoms with Crippen molar-refractivity contribution >= 4 is 12.6 Å². The second-order valence-corrected chi connectivity index (χ2v) is 2.34. The first kappa shape index (κ1) is 5.96. The zero-order valence-corrected chi connectivity index (χ0v) is 5.70. The lowest BCUT2D eigenvalue weighted by atomic mass is 10.2. The summed E-state index contributed by atoms with van der Waals surface area (Å²) in [5, 5.41) is 0. The standard InChI is InChI=1S/C7H10S/c8-6-5-7-3-1-2-4-7/h1,3-4,8H,2,5-6H2. The van der Waals surface area contributed by atoms with E-state index in [9.17, 15) is 0 Å². The average Bonchev–Trinajstić information content (AvgIpc) is 2.19. The van der Waals surface area contributed by atoms with E-state index in [0.29, 0.717) is 0 Å². The Morgan fingerprint density at radius 3 is 3.00 bits per heavy atom. The lowest BCUT2D eigenvalue weighted by molar-refractivity contribution is 1.17. The highest BCUT2D eigenvalue weighted by molar-refractivity contribution is 7.80. The highest BCUT2D eigenvalue weighted by Gasteiger charge is 1.93. The fraction of sp³-hybridized carbons (Fsp3) is 0.429. The van der Waals surface area contributed by atoms with Gasteiger partial charge in [-0.05, 0) is 18.6 Å². The lowest BCUT2D eigenvalue weighted by Crippen LogP contribution is -1.74. The molecule has 8 heavy (non-hydrogen) atoms. The average molecular weight is 126 g/mol. The van der Waals surface area contributed by atoms with E-state index < -0.39 is 0 Å². The molecular weight excluding hydrogens is 116 g/mol. The predicted octanol–water partition coefficient (Wildman–Crippen LogP) is 2.19. The molecule has 0 heterocycles. The molecule has 0 fully saturated rings. The predicted molar refractivity (Wildman–Crippen MR) is 40.3 cm³/mol. The highest BCUT2D eigenvalue weighted by Crippen LogP contribution is 2.12. The van der Waals surface area contributed by atoms with E-state index in [1.54, 1.807) is 0 Å². The van der Waals surface area contributed by atoms with Gasteiger partial charge in [-0.25, -0.2) is 0 Å². The summed E-state index contributed by atoms with van der Waals surface area (Å²) >= 11 is 4.12.